The van der Waals surface area contributed by atoms with Gasteiger partial charge in [0.2, 0.25) is 11.6 Å². The maximum Gasteiger partial charge on any atom is 0.309 e. The molecule has 2 aromatic rings. The maximum absolute atomic E-state index is 7.33. The highest BCUT2D eigenvalue weighted by Crippen LogP contribution is 2.33. The van der Waals surface area contributed by atoms with Crippen LogP contribution in [0.15, 0.2) is 30.3 Å². The number of nitrogens with zero attached hydrogens (tertiary/aromatic N) is 3. The van der Waals surface area contributed by atoms with Crippen LogP contribution in [0, 0.1) is 6.57 Å². The Morgan fingerprint density at radius 1 is 1.22 bits per heavy atom. The van der Waals surface area contributed by atoms with Crippen LogP contribution in [-0.2, 0) is 11.3 Å². The zero-order valence-electron chi connectivity index (χ0n) is 12.8. The molecule has 0 spiro atoms. The molecule has 0 bridgehead atoms. The lowest BCUT2D eigenvalue weighted by atomic mass is 9.87. The molecule has 0 amide bonds. The van der Waals surface area contributed by atoms with Gasteiger partial charge in [0.15, 0.2) is 0 Å². The van der Waals surface area contributed by atoms with Crippen LogP contribution in [0.25, 0.3) is 4.85 Å². The standard InChI is InChI=1S/C17H16BN3O2/c1-19-15-6-7-16(20-17(15)21-8-2-3-9-21)23-13-4-5-14-12(10-13)11-22-18-14/h4-7,10,18H,2-3,8-9,11H2. The topological polar surface area (TPSA) is 39.0 Å². The molecule has 2 aliphatic rings. The summed E-state index contributed by atoms with van der Waals surface area (Å²) in [6.45, 7) is 9.87. The smallest absolute Gasteiger partial charge is 0.309 e. The molecular weight excluding hydrogens is 289 g/mol. The molecule has 3 heterocycles. The highest BCUT2D eigenvalue weighted by atomic mass is 16.5. The molecule has 6 heteroatoms. The van der Waals surface area contributed by atoms with Crippen LogP contribution in [0.2, 0.25) is 0 Å². The predicted molar refractivity (Wildman–Crippen MR) is 90.0 cm³/mol. The second-order valence-electron chi connectivity index (χ2n) is 5.82. The van der Waals surface area contributed by atoms with Crippen molar-refractivity contribution in [1.82, 2.24) is 4.98 Å². The van der Waals surface area contributed by atoms with E-state index in [9.17, 15) is 0 Å². The fourth-order valence-corrected chi connectivity index (χ4v) is 3.06. The lowest BCUT2D eigenvalue weighted by Crippen LogP contribution is -2.19. The number of ether oxygens (including phenoxy) is 1. The summed E-state index contributed by atoms with van der Waals surface area (Å²) in [7, 11) is 0.673. The number of hydrogen-bond donors (Lipinski definition) is 0. The van der Waals surface area contributed by atoms with Crippen molar-refractivity contribution in [3.05, 3.63) is 47.3 Å². The van der Waals surface area contributed by atoms with Crippen molar-refractivity contribution in [3.63, 3.8) is 0 Å². The average molecular weight is 305 g/mol. The first kappa shape index (κ1) is 14.1. The number of aromatic nitrogens is 1. The number of benzene rings is 1. The van der Waals surface area contributed by atoms with Crippen molar-refractivity contribution in [2.24, 2.45) is 0 Å². The molecule has 0 N–H and O–H groups in total. The van der Waals surface area contributed by atoms with E-state index in [2.05, 4.69) is 14.7 Å². The molecule has 4 rings (SSSR count). The van der Waals surface area contributed by atoms with Gasteiger partial charge in [0.1, 0.15) is 11.6 Å². The monoisotopic (exact) mass is 305 g/mol. The summed E-state index contributed by atoms with van der Waals surface area (Å²) in [5.74, 6) is 2.02. The van der Waals surface area contributed by atoms with Crippen molar-refractivity contribution in [2.75, 3.05) is 18.0 Å². The third-order valence-corrected chi connectivity index (χ3v) is 4.27. The van der Waals surface area contributed by atoms with Crippen LogP contribution in [0.3, 0.4) is 0 Å². The van der Waals surface area contributed by atoms with Crippen LogP contribution >= 0.6 is 0 Å². The van der Waals surface area contributed by atoms with Gasteiger partial charge in [-0.15, -0.1) is 0 Å². The Morgan fingerprint density at radius 2 is 2.09 bits per heavy atom. The van der Waals surface area contributed by atoms with E-state index < -0.39 is 0 Å². The molecule has 114 valence electrons. The third-order valence-electron chi connectivity index (χ3n) is 4.27. The van der Waals surface area contributed by atoms with Gasteiger partial charge in [-0.25, -0.2) is 9.83 Å². The van der Waals surface area contributed by atoms with Crippen LogP contribution in [-0.4, -0.2) is 25.6 Å². The minimum atomic E-state index is 0.526. The summed E-state index contributed by atoms with van der Waals surface area (Å²) < 4.78 is 11.3. The SMILES string of the molecule is [C-]#[N+]c1ccc(Oc2ccc3c(c2)COB3)nc1N1CCCC1. The molecule has 1 fully saturated rings. The number of hydrogen-bond acceptors (Lipinski definition) is 4. The Hall–Kier alpha value is -2.52. The molecule has 1 aromatic heterocycles. The van der Waals surface area contributed by atoms with Gasteiger partial charge in [-0.1, -0.05) is 6.07 Å². The summed E-state index contributed by atoms with van der Waals surface area (Å²) in [5, 5.41) is 0. The van der Waals surface area contributed by atoms with Crippen molar-refractivity contribution in [1.29, 1.82) is 0 Å². The predicted octanol–water partition coefficient (Wildman–Crippen LogP) is 2.53. The van der Waals surface area contributed by atoms with Crippen molar-refractivity contribution in [3.8, 4) is 11.6 Å². The molecule has 2 aliphatic heterocycles. The number of rotatable bonds is 3. The Morgan fingerprint density at radius 3 is 2.91 bits per heavy atom. The summed E-state index contributed by atoms with van der Waals surface area (Å²) >= 11 is 0. The molecule has 0 radical (unpaired) electrons. The number of fused-ring (bicyclic) bond motifs is 1. The molecular formula is C17H16BN3O2. The van der Waals surface area contributed by atoms with E-state index in [1.54, 1.807) is 12.1 Å². The maximum atomic E-state index is 7.33. The van der Waals surface area contributed by atoms with E-state index in [1.807, 2.05) is 18.2 Å². The normalized spacial score (nSPS) is 15.9. The van der Waals surface area contributed by atoms with E-state index in [4.69, 9.17) is 16.0 Å². The minimum absolute atomic E-state index is 0.526. The first-order valence-corrected chi connectivity index (χ1v) is 7.84. The summed E-state index contributed by atoms with van der Waals surface area (Å²) in [6.07, 6.45) is 2.30. The van der Waals surface area contributed by atoms with E-state index in [0.29, 0.717) is 25.7 Å². The molecule has 5 nitrogen and oxygen atoms in total. The number of pyridine rings is 1. The third kappa shape index (κ3) is 2.76. The van der Waals surface area contributed by atoms with Crippen molar-refractivity contribution >= 4 is 24.5 Å². The van der Waals surface area contributed by atoms with E-state index in [0.717, 1.165) is 37.5 Å². The fourth-order valence-electron chi connectivity index (χ4n) is 3.06. The van der Waals surface area contributed by atoms with Crippen LogP contribution in [0.4, 0.5) is 11.5 Å². The molecule has 1 aromatic carbocycles. The summed E-state index contributed by atoms with van der Waals surface area (Å²) in [5.41, 5.74) is 2.97. The molecule has 1 saturated heterocycles. The molecule has 0 atom stereocenters. The Balaban J connectivity index is 1.61. The van der Waals surface area contributed by atoms with Gasteiger partial charge >= 0.3 is 7.48 Å². The summed E-state index contributed by atoms with van der Waals surface area (Å²) in [6, 6.07) is 9.53. The van der Waals surface area contributed by atoms with Gasteiger partial charge < -0.3 is 14.3 Å². The Bertz CT molecular complexity index is 782. The highest BCUT2D eigenvalue weighted by molar-refractivity contribution is 6.48. The van der Waals surface area contributed by atoms with Gasteiger partial charge in [0.05, 0.1) is 13.2 Å². The van der Waals surface area contributed by atoms with Crippen molar-refractivity contribution in [2.45, 2.75) is 19.4 Å². The zero-order valence-corrected chi connectivity index (χ0v) is 12.8. The van der Waals surface area contributed by atoms with Gasteiger partial charge in [0.25, 0.3) is 0 Å². The largest absolute Gasteiger partial charge is 0.439 e. The molecule has 0 aliphatic carbocycles. The second kappa shape index (κ2) is 5.94. The Labute approximate surface area is 135 Å². The van der Waals surface area contributed by atoms with E-state index >= 15 is 0 Å². The molecule has 0 unspecified atom stereocenters. The first-order chi connectivity index (χ1) is 11.3. The quantitative estimate of drug-likeness (QED) is 0.645. The lowest BCUT2D eigenvalue weighted by molar-refractivity contribution is 0.344. The Kier molecular flexibility index (Phi) is 3.64. The molecule has 23 heavy (non-hydrogen) atoms. The van der Waals surface area contributed by atoms with Gasteiger partial charge in [-0.05, 0) is 48.1 Å². The van der Waals surface area contributed by atoms with Crippen LogP contribution in [0.1, 0.15) is 18.4 Å². The molecule has 0 saturated carbocycles. The summed E-state index contributed by atoms with van der Waals surface area (Å²) in [4.78, 5) is 10.3. The van der Waals surface area contributed by atoms with Crippen LogP contribution in [0.5, 0.6) is 11.6 Å². The van der Waals surface area contributed by atoms with Gasteiger partial charge in [-0.2, -0.15) is 0 Å². The first-order valence-electron chi connectivity index (χ1n) is 7.84. The number of anilines is 1. The average Bonchev–Trinajstić information content (AvgIpc) is 3.26. The van der Waals surface area contributed by atoms with Crippen LogP contribution < -0.4 is 15.1 Å². The van der Waals surface area contributed by atoms with E-state index in [1.165, 1.54) is 11.0 Å². The minimum Gasteiger partial charge on any atom is -0.439 e. The van der Waals surface area contributed by atoms with Gasteiger partial charge in [-0.3, -0.25) is 0 Å². The zero-order chi connectivity index (χ0) is 15.6. The van der Waals surface area contributed by atoms with Gasteiger partial charge in [0, 0.05) is 13.1 Å². The fraction of sp³-hybridized carbons (Fsp3) is 0.294. The lowest BCUT2D eigenvalue weighted by Gasteiger charge is -2.18. The second-order valence-corrected chi connectivity index (χ2v) is 5.82. The highest BCUT2D eigenvalue weighted by Gasteiger charge is 2.19. The van der Waals surface area contributed by atoms with E-state index in [-0.39, 0.29) is 0 Å². The van der Waals surface area contributed by atoms with Crippen molar-refractivity contribution < 1.29 is 9.39 Å².